The molecule has 2 nitrogen and oxygen atoms in total. The van der Waals surface area contributed by atoms with Crippen LogP contribution in [0.2, 0.25) is 0 Å². The second-order valence-electron chi connectivity index (χ2n) is 2.00. The molecule has 0 fully saturated rings. The smallest absolute Gasteiger partial charge is 0.0562 e. The molecule has 0 saturated carbocycles. The van der Waals surface area contributed by atoms with Crippen molar-refractivity contribution in [3.05, 3.63) is 24.0 Å². The molecule has 1 rings (SSSR count). The van der Waals surface area contributed by atoms with Gasteiger partial charge in [0, 0.05) is 24.7 Å². The zero-order valence-electron chi connectivity index (χ0n) is 5.79. The van der Waals surface area contributed by atoms with E-state index in [1.165, 1.54) is 0 Å². The molecule has 0 unspecified atom stereocenters. The first-order valence-electron chi connectivity index (χ1n) is 3.04. The lowest BCUT2D eigenvalue weighted by atomic mass is 10.3. The molecule has 1 heterocycles. The number of nitrogens with zero attached hydrogens (tertiary/aromatic N) is 2. The summed E-state index contributed by atoms with van der Waals surface area (Å²) in [6, 6.07) is 0. The maximum Gasteiger partial charge on any atom is 0.0562 e. The van der Waals surface area contributed by atoms with Crippen LogP contribution in [0.3, 0.4) is 0 Å². The number of allylic oxidation sites excluding steroid dienone is 1. The van der Waals surface area contributed by atoms with Crippen molar-refractivity contribution in [1.82, 2.24) is 9.78 Å². The van der Waals surface area contributed by atoms with E-state index in [1.807, 2.05) is 25.4 Å². The van der Waals surface area contributed by atoms with Crippen LogP contribution < -0.4 is 0 Å². The highest BCUT2D eigenvalue weighted by Gasteiger charge is 1.87. The average molecular weight is 157 g/mol. The van der Waals surface area contributed by atoms with E-state index >= 15 is 0 Å². The van der Waals surface area contributed by atoms with Crippen molar-refractivity contribution in [1.29, 1.82) is 0 Å². The van der Waals surface area contributed by atoms with Crippen LogP contribution in [0, 0.1) is 0 Å². The Bertz CT molecular complexity index is 227. The topological polar surface area (TPSA) is 17.8 Å². The Kier molecular flexibility index (Phi) is 2.51. The molecular weight excluding hydrogens is 148 g/mol. The lowest BCUT2D eigenvalue weighted by Crippen LogP contribution is -1.83. The molecule has 0 aliphatic carbocycles. The molecule has 0 bridgehead atoms. The molecule has 1 aromatic rings. The summed E-state index contributed by atoms with van der Waals surface area (Å²) in [5, 5.41) is 3.99. The van der Waals surface area contributed by atoms with Crippen molar-refractivity contribution in [2.45, 2.75) is 0 Å². The fourth-order valence-corrected chi connectivity index (χ4v) is 0.796. The quantitative estimate of drug-likeness (QED) is 0.596. The Morgan fingerprint density at radius 2 is 2.60 bits per heavy atom. The second kappa shape index (κ2) is 3.42. The van der Waals surface area contributed by atoms with Gasteiger partial charge in [0.25, 0.3) is 0 Å². The number of aryl methyl sites for hydroxylation is 1. The molecule has 0 spiro atoms. The summed E-state index contributed by atoms with van der Waals surface area (Å²) in [5.74, 6) is 0.550. The maximum absolute atomic E-state index is 5.44. The Balaban J connectivity index is 2.67. The summed E-state index contributed by atoms with van der Waals surface area (Å²) in [7, 11) is 1.89. The third-order valence-electron chi connectivity index (χ3n) is 1.12. The average Bonchev–Trinajstić information content (AvgIpc) is 2.31. The van der Waals surface area contributed by atoms with Gasteiger partial charge in [-0.2, -0.15) is 5.10 Å². The van der Waals surface area contributed by atoms with E-state index in [9.17, 15) is 0 Å². The van der Waals surface area contributed by atoms with E-state index in [1.54, 1.807) is 10.9 Å². The Labute approximate surface area is 65.1 Å². The zero-order valence-corrected chi connectivity index (χ0v) is 6.54. The zero-order chi connectivity index (χ0) is 7.40. The predicted octanol–water partition coefficient (Wildman–Crippen LogP) is 1.67. The summed E-state index contributed by atoms with van der Waals surface area (Å²) in [6.07, 6.45) is 7.56. The Morgan fingerprint density at radius 1 is 1.80 bits per heavy atom. The van der Waals surface area contributed by atoms with Gasteiger partial charge in [-0.15, -0.1) is 11.6 Å². The van der Waals surface area contributed by atoms with E-state index in [4.69, 9.17) is 11.6 Å². The van der Waals surface area contributed by atoms with Crippen molar-refractivity contribution in [2.75, 3.05) is 5.88 Å². The minimum atomic E-state index is 0.550. The largest absolute Gasteiger partial charge is 0.275 e. The fraction of sp³-hybridized carbons (Fsp3) is 0.286. The highest BCUT2D eigenvalue weighted by atomic mass is 35.5. The summed E-state index contributed by atoms with van der Waals surface area (Å²) in [6.45, 7) is 0. The van der Waals surface area contributed by atoms with E-state index in [0.29, 0.717) is 5.88 Å². The number of rotatable bonds is 2. The molecule has 0 saturated heterocycles. The van der Waals surface area contributed by atoms with Gasteiger partial charge in [-0.3, -0.25) is 4.68 Å². The van der Waals surface area contributed by atoms with Gasteiger partial charge in [-0.1, -0.05) is 12.2 Å². The molecule has 10 heavy (non-hydrogen) atoms. The molecule has 1 aromatic heterocycles. The normalized spacial score (nSPS) is 11.0. The Hall–Kier alpha value is -0.760. The number of aromatic nitrogens is 2. The van der Waals surface area contributed by atoms with Gasteiger partial charge in [0.15, 0.2) is 0 Å². The standard InChI is InChI=1S/C7H9ClN2/c1-10-6-7(5-9-10)3-2-4-8/h2-3,5-6H,4H2,1H3. The number of hydrogen-bond donors (Lipinski definition) is 0. The second-order valence-corrected chi connectivity index (χ2v) is 2.31. The molecule has 0 amide bonds. The van der Waals surface area contributed by atoms with Crippen LogP contribution in [0.5, 0.6) is 0 Å². The van der Waals surface area contributed by atoms with Crippen LogP contribution >= 0.6 is 11.6 Å². The van der Waals surface area contributed by atoms with Crippen LogP contribution in [-0.2, 0) is 7.05 Å². The van der Waals surface area contributed by atoms with Crippen LogP contribution in [0.15, 0.2) is 18.5 Å². The van der Waals surface area contributed by atoms with Crippen LogP contribution in [0.25, 0.3) is 6.08 Å². The van der Waals surface area contributed by atoms with Crippen molar-refractivity contribution in [2.24, 2.45) is 7.05 Å². The highest BCUT2D eigenvalue weighted by Crippen LogP contribution is 1.98. The maximum atomic E-state index is 5.44. The molecule has 0 atom stereocenters. The number of alkyl halides is 1. The Morgan fingerprint density at radius 3 is 3.10 bits per heavy atom. The van der Waals surface area contributed by atoms with Gasteiger partial charge in [0.1, 0.15) is 0 Å². The van der Waals surface area contributed by atoms with Crippen LogP contribution in [-0.4, -0.2) is 15.7 Å². The predicted molar refractivity (Wildman–Crippen MR) is 43.0 cm³/mol. The third-order valence-corrected chi connectivity index (χ3v) is 1.30. The van der Waals surface area contributed by atoms with Crippen molar-refractivity contribution < 1.29 is 0 Å². The first-order valence-corrected chi connectivity index (χ1v) is 3.57. The van der Waals surface area contributed by atoms with Gasteiger partial charge in [-0.25, -0.2) is 0 Å². The van der Waals surface area contributed by atoms with Crippen molar-refractivity contribution in [3.63, 3.8) is 0 Å². The molecule has 0 aliphatic heterocycles. The summed E-state index contributed by atoms with van der Waals surface area (Å²) in [4.78, 5) is 0. The first kappa shape index (κ1) is 7.35. The lowest BCUT2D eigenvalue weighted by Gasteiger charge is -1.81. The van der Waals surface area contributed by atoms with Gasteiger partial charge in [-0.05, 0) is 0 Å². The fourth-order valence-electron chi connectivity index (χ4n) is 0.707. The summed E-state index contributed by atoms with van der Waals surface area (Å²) in [5.41, 5.74) is 1.09. The van der Waals surface area contributed by atoms with E-state index in [2.05, 4.69) is 5.10 Å². The van der Waals surface area contributed by atoms with Crippen LogP contribution in [0.4, 0.5) is 0 Å². The molecule has 54 valence electrons. The van der Waals surface area contributed by atoms with E-state index in [-0.39, 0.29) is 0 Å². The van der Waals surface area contributed by atoms with Crippen molar-refractivity contribution >= 4 is 17.7 Å². The highest BCUT2D eigenvalue weighted by molar-refractivity contribution is 6.19. The minimum absolute atomic E-state index is 0.550. The number of halogens is 1. The van der Waals surface area contributed by atoms with Crippen LogP contribution in [0.1, 0.15) is 5.56 Å². The molecule has 0 aromatic carbocycles. The molecule has 0 N–H and O–H groups in total. The van der Waals surface area contributed by atoms with Gasteiger partial charge in [0.2, 0.25) is 0 Å². The molecule has 0 radical (unpaired) electrons. The third kappa shape index (κ3) is 1.88. The summed E-state index contributed by atoms with van der Waals surface area (Å²) >= 11 is 5.44. The molecule has 3 heteroatoms. The van der Waals surface area contributed by atoms with Gasteiger partial charge in [0.05, 0.1) is 6.20 Å². The first-order chi connectivity index (χ1) is 4.83. The molecular formula is C7H9ClN2. The van der Waals surface area contributed by atoms with E-state index < -0.39 is 0 Å². The summed E-state index contributed by atoms with van der Waals surface area (Å²) < 4.78 is 1.76. The SMILES string of the molecule is Cn1cc(C=CCCl)cn1. The van der Waals surface area contributed by atoms with E-state index in [0.717, 1.165) is 5.56 Å². The lowest BCUT2D eigenvalue weighted by molar-refractivity contribution is 0.767. The molecule has 0 aliphatic rings. The monoisotopic (exact) mass is 156 g/mol. The van der Waals surface area contributed by atoms with Gasteiger partial charge >= 0.3 is 0 Å². The number of hydrogen-bond acceptors (Lipinski definition) is 1. The van der Waals surface area contributed by atoms with Gasteiger partial charge < -0.3 is 0 Å². The minimum Gasteiger partial charge on any atom is -0.275 e. The van der Waals surface area contributed by atoms with Crippen molar-refractivity contribution in [3.8, 4) is 0 Å².